The van der Waals surface area contributed by atoms with Crippen LogP contribution in [0, 0.1) is 28.6 Å². The summed E-state index contributed by atoms with van der Waals surface area (Å²) in [7, 11) is -4.32. The molecule has 0 spiro atoms. The normalized spacial score (nSPS) is 33.3. The molecule has 8 unspecified atom stereocenters. The standard InChI is InChI=1S/C36H41N2O10P/c1-34-14-11-24(39)17-22(34)7-9-25-27-12-15-36(45,35(27,2)19-30(41)32(25)34)31(42)20-48-49(46,47)16-13-21-5-3-4-6-28(21)38-37-23-8-10-29(40)26(18-23)33(43)44/h3-8,10-11,14,18,25,27,30,32,40-41,45H,9,12-13,15-17,19-20H2,1-2H3,(H,43,44)(H,46,47). The number of carbonyl (C=O) groups excluding carboxylic acids is 2. The maximum atomic E-state index is 13.7. The Hall–Kier alpha value is -3.80. The predicted molar refractivity (Wildman–Crippen MR) is 178 cm³/mol. The second-order valence-corrected chi connectivity index (χ2v) is 16.2. The van der Waals surface area contributed by atoms with E-state index in [2.05, 4.69) is 23.2 Å². The molecule has 0 bridgehead atoms. The minimum atomic E-state index is -4.32. The van der Waals surface area contributed by atoms with Crippen molar-refractivity contribution in [2.45, 2.75) is 64.1 Å². The zero-order chi connectivity index (χ0) is 35.4. The largest absolute Gasteiger partial charge is 0.507 e. The van der Waals surface area contributed by atoms with E-state index in [1.54, 1.807) is 30.3 Å². The van der Waals surface area contributed by atoms with Crippen LogP contribution in [0.5, 0.6) is 5.75 Å². The van der Waals surface area contributed by atoms with Crippen LogP contribution in [-0.4, -0.2) is 67.3 Å². The number of nitrogens with zero attached hydrogens (tertiary/aromatic N) is 2. The van der Waals surface area contributed by atoms with Gasteiger partial charge in [-0.25, -0.2) is 4.79 Å². The Morgan fingerprint density at radius 1 is 1.12 bits per heavy atom. The van der Waals surface area contributed by atoms with Crippen LogP contribution in [0.4, 0.5) is 11.4 Å². The van der Waals surface area contributed by atoms with Gasteiger partial charge >= 0.3 is 13.6 Å². The number of hydrogen-bond acceptors (Lipinski definition) is 10. The summed E-state index contributed by atoms with van der Waals surface area (Å²) >= 11 is 0. The van der Waals surface area contributed by atoms with Crippen LogP contribution < -0.4 is 0 Å². The van der Waals surface area contributed by atoms with Gasteiger partial charge in [-0.2, -0.15) is 10.2 Å². The molecule has 2 saturated carbocycles. The Bertz CT molecular complexity index is 1840. The highest BCUT2D eigenvalue weighted by molar-refractivity contribution is 7.52. The van der Waals surface area contributed by atoms with Crippen LogP contribution in [0.15, 0.2) is 76.5 Å². The van der Waals surface area contributed by atoms with Crippen molar-refractivity contribution in [1.82, 2.24) is 0 Å². The van der Waals surface area contributed by atoms with Gasteiger partial charge in [0.1, 0.15) is 23.5 Å². The average Bonchev–Trinajstić information content (AvgIpc) is 3.33. The lowest BCUT2D eigenvalue weighted by molar-refractivity contribution is -0.176. The Morgan fingerprint density at radius 2 is 1.88 bits per heavy atom. The Morgan fingerprint density at radius 3 is 2.63 bits per heavy atom. The number of ketones is 2. The summed E-state index contributed by atoms with van der Waals surface area (Å²) in [6.45, 7) is 3.11. The summed E-state index contributed by atoms with van der Waals surface area (Å²) in [5.41, 5.74) is -1.53. The number of aryl methyl sites for hydroxylation is 1. The first-order chi connectivity index (χ1) is 23.1. The Balaban J connectivity index is 1.11. The molecule has 4 aliphatic carbocycles. The van der Waals surface area contributed by atoms with Gasteiger partial charge in [-0.1, -0.05) is 49.8 Å². The zero-order valence-corrected chi connectivity index (χ0v) is 28.3. The number of aromatic hydroxyl groups is 1. The first-order valence-corrected chi connectivity index (χ1v) is 18.2. The fourth-order valence-corrected chi connectivity index (χ4v) is 9.96. The molecule has 2 aromatic rings. The minimum Gasteiger partial charge on any atom is -0.507 e. The molecule has 2 aromatic carbocycles. The van der Waals surface area contributed by atoms with Gasteiger partial charge < -0.3 is 29.8 Å². The van der Waals surface area contributed by atoms with E-state index < -0.39 is 54.2 Å². The number of allylic oxidation sites excluding steroid dienone is 4. The molecule has 12 nitrogen and oxygen atoms in total. The van der Waals surface area contributed by atoms with E-state index in [0.717, 1.165) is 5.57 Å². The van der Waals surface area contributed by atoms with Gasteiger partial charge in [0, 0.05) is 23.2 Å². The molecule has 8 atom stereocenters. The zero-order valence-electron chi connectivity index (χ0n) is 27.4. The summed E-state index contributed by atoms with van der Waals surface area (Å²) in [6, 6.07) is 10.5. The van der Waals surface area contributed by atoms with Gasteiger partial charge in [-0.3, -0.25) is 14.2 Å². The molecule has 13 heteroatoms. The van der Waals surface area contributed by atoms with Crippen molar-refractivity contribution < 1.29 is 48.8 Å². The number of Topliss-reactive ketones (excluding diaryl/α,β-unsaturated/α-hetero) is 1. The van der Waals surface area contributed by atoms with Gasteiger partial charge in [0.2, 0.25) is 0 Å². The predicted octanol–water partition coefficient (Wildman–Crippen LogP) is 5.83. The van der Waals surface area contributed by atoms with Crippen molar-refractivity contribution in [3.8, 4) is 5.75 Å². The first-order valence-electron chi connectivity index (χ1n) is 16.5. The quantitative estimate of drug-likeness (QED) is 0.115. The number of rotatable bonds is 10. The number of aromatic carboxylic acids is 1. The SMILES string of the molecule is CC12C=CC(=O)CC1=CCC1C2C(O)CC2(C)C1CCC2(O)C(=O)COP(=O)(O)CCc1ccccc1N=Nc1ccc(O)c(C(=O)O)c1. The summed E-state index contributed by atoms with van der Waals surface area (Å²) in [4.78, 5) is 47.8. The molecule has 0 aliphatic heterocycles. The molecular weight excluding hydrogens is 651 g/mol. The lowest BCUT2D eigenvalue weighted by atomic mass is 9.47. The van der Waals surface area contributed by atoms with E-state index in [-0.39, 0.29) is 60.2 Å². The van der Waals surface area contributed by atoms with Crippen molar-refractivity contribution in [2.24, 2.45) is 38.8 Å². The molecule has 6 rings (SSSR count). The van der Waals surface area contributed by atoms with Gasteiger partial charge in [-0.15, -0.1) is 0 Å². The smallest absolute Gasteiger partial charge is 0.339 e. The van der Waals surface area contributed by atoms with E-state index in [1.165, 1.54) is 18.2 Å². The summed E-state index contributed by atoms with van der Waals surface area (Å²) < 4.78 is 18.4. The van der Waals surface area contributed by atoms with Gasteiger partial charge in [0.15, 0.2) is 11.6 Å². The van der Waals surface area contributed by atoms with Crippen molar-refractivity contribution in [1.29, 1.82) is 0 Å². The van der Waals surface area contributed by atoms with E-state index in [4.69, 9.17) is 4.52 Å². The number of carbonyl (C=O) groups is 3. The van der Waals surface area contributed by atoms with E-state index in [1.807, 2.05) is 13.0 Å². The van der Waals surface area contributed by atoms with Crippen LogP contribution in [0.25, 0.3) is 0 Å². The van der Waals surface area contributed by atoms with Crippen molar-refractivity contribution in [3.63, 3.8) is 0 Å². The second-order valence-electron chi connectivity index (χ2n) is 14.3. The Labute approximate surface area is 283 Å². The Kier molecular flexibility index (Phi) is 9.17. The lowest BCUT2D eigenvalue weighted by Gasteiger charge is -2.58. The molecule has 4 aliphatic rings. The molecule has 0 radical (unpaired) electrons. The first kappa shape index (κ1) is 35.0. The highest BCUT2D eigenvalue weighted by atomic mass is 31.2. The summed E-state index contributed by atoms with van der Waals surface area (Å²) in [5.74, 6) is -2.64. The molecule has 0 amide bonds. The number of aliphatic hydroxyl groups excluding tert-OH is 1. The maximum Gasteiger partial charge on any atom is 0.339 e. The van der Waals surface area contributed by atoms with Crippen LogP contribution in [0.3, 0.4) is 0 Å². The van der Waals surface area contributed by atoms with Crippen molar-refractivity contribution in [2.75, 3.05) is 12.8 Å². The highest BCUT2D eigenvalue weighted by Crippen LogP contribution is 2.66. The monoisotopic (exact) mass is 692 g/mol. The highest BCUT2D eigenvalue weighted by Gasteiger charge is 2.68. The number of aliphatic hydroxyl groups is 2. The summed E-state index contributed by atoms with van der Waals surface area (Å²) in [6.07, 6.45) is 6.30. The average molecular weight is 693 g/mol. The van der Waals surface area contributed by atoms with Crippen LogP contribution >= 0.6 is 7.60 Å². The van der Waals surface area contributed by atoms with Crippen molar-refractivity contribution in [3.05, 3.63) is 77.4 Å². The minimum absolute atomic E-state index is 0.0162. The topological polar surface area (TPSA) is 203 Å². The summed E-state index contributed by atoms with van der Waals surface area (Å²) in [5, 5.41) is 50.7. The maximum absolute atomic E-state index is 13.7. The molecule has 0 aromatic heterocycles. The van der Waals surface area contributed by atoms with E-state index >= 15 is 0 Å². The third-order valence-corrected chi connectivity index (χ3v) is 12.9. The van der Waals surface area contributed by atoms with E-state index in [0.29, 0.717) is 30.5 Å². The fourth-order valence-electron chi connectivity index (χ4n) is 8.99. The molecule has 5 N–H and O–H groups in total. The molecule has 49 heavy (non-hydrogen) atoms. The van der Waals surface area contributed by atoms with Gasteiger partial charge in [0.05, 0.1) is 23.6 Å². The van der Waals surface area contributed by atoms with Crippen LogP contribution in [0.2, 0.25) is 0 Å². The molecule has 2 fully saturated rings. The number of azo groups is 1. The molecule has 260 valence electrons. The molecule has 0 heterocycles. The number of phenols is 1. The van der Waals surface area contributed by atoms with Gasteiger partial charge in [0.25, 0.3) is 0 Å². The van der Waals surface area contributed by atoms with Crippen molar-refractivity contribution >= 4 is 36.5 Å². The number of hydrogen-bond donors (Lipinski definition) is 5. The number of carboxylic acids is 1. The number of carboxylic acid groups (broad SMARTS) is 1. The third-order valence-electron chi connectivity index (χ3n) is 11.6. The van der Waals surface area contributed by atoms with E-state index in [9.17, 15) is 44.3 Å². The van der Waals surface area contributed by atoms with Gasteiger partial charge in [-0.05, 0) is 79.8 Å². The third kappa shape index (κ3) is 6.25. The number of benzene rings is 2. The molecule has 0 saturated heterocycles. The number of fused-ring (bicyclic) bond motifs is 5. The van der Waals surface area contributed by atoms with Crippen LogP contribution in [0.1, 0.15) is 61.9 Å². The van der Waals surface area contributed by atoms with Crippen LogP contribution in [-0.2, 0) is 25.1 Å². The lowest BCUT2D eigenvalue weighted by Crippen LogP contribution is -2.61. The molecular formula is C36H41N2O10P. The second kappa shape index (κ2) is 12.8. The fraction of sp³-hybridized carbons (Fsp3) is 0.472.